The summed E-state index contributed by atoms with van der Waals surface area (Å²) in [6.07, 6.45) is 0. The van der Waals surface area contributed by atoms with Crippen LogP contribution in [0.25, 0.3) is 0 Å². The summed E-state index contributed by atoms with van der Waals surface area (Å²) in [5, 5.41) is 5.60. The Morgan fingerprint density at radius 1 is 1.43 bits per heavy atom. The van der Waals surface area contributed by atoms with Crippen molar-refractivity contribution in [1.82, 2.24) is 9.59 Å². The third kappa shape index (κ3) is 1.78. The van der Waals surface area contributed by atoms with Gasteiger partial charge >= 0.3 is 0 Å². The maximum atomic E-state index is 12.9. The van der Waals surface area contributed by atoms with Crippen molar-refractivity contribution >= 4 is 11.5 Å². The first-order valence-electron chi connectivity index (χ1n) is 4.05. The van der Waals surface area contributed by atoms with Crippen LogP contribution in [0.3, 0.4) is 0 Å². The Bertz CT molecular complexity index is 416. The van der Waals surface area contributed by atoms with Gasteiger partial charge in [-0.1, -0.05) is 16.6 Å². The van der Waals surface area contributed by atoms with Crippen molar-refractivity contribution in [2.45, 2.75) is 6.04 Å². The summed E-state index contributed by atoms with van der Waals surface area (Å²) in [5.41, 5.74) is 7.24. The van der Waals surface area contributed by atoms with Gasteiger partial charge in [0.25, 0.3) is 0 Å². The quantitative estimate of drug-likeness (QED) is 0.819. The van der Waals surface area contributed by atoms with Gasteiger partial charge in [-0.25, -0.2) is 4.39 Å². The molecule has 2 N–H and O–H groups in total. The van der Waals surface area contributed by atoms with Crippen LogP contribution in [0.1, 0.15) is 17.3 Å². The fraction of sp³-hybridized carbons (Fsp3) is 0.111. The van der Waals surface area contributed by atoms with E-state index in [1.54, 1.807) is 17.5 Å². The molecule has 2 aromatic rings. The third-order valence-corrected chi connectivity index (χ3v) is 2.43. The molecule has 0 amide bonds. The van der Waals surface area contributed by atoms with Crippen LogP contribution in [0.15, 0.2) is 29.6 Å². The van der Waals surface area contributed by atoms with Crippen molar-refractivity contribution < 1.29 is 4.39 Å². The maximum absolute atomic E-state index is 12.9. The van der Waals surface area contributed by atoms with E-state index in [1.165, 1.54) is 23.7 Å². The second-order valence-corrected chi connectivity index (χ2v) is 3.47. The summed E-state index contributed by atoms with van der Waals surface area (Å²) >= 11 is 1.23. The van der Waals surface area contributed by atoms with E-state index in [-0.39, 0.29) is 5.82 Å². The zero-order valence-corrected chi connectivity index (χ0v) is 8.04. The molecule has 2 rings (SSSR count). The van der Waals surface area contributed by atoms with E-state index >= 15 is 0 Å². The molecular weight excluding hydrogens is 201 g/mol. The Morgan fingerprint density at radius 3 is 2.93 bits per heavy atom. The molecule has 0 bridgehead atoms. The van der Waals surface area contributed by atoms with Gasteiger partial charge in [-0.3, -0.25) is 0 Å². The van der Waals surface area contributed by atoms with Crippen LogP contribution in [0, 0.1) is 5.82 Å². The predicted molar refractivity (Wildman–Crippen MR) is 52.3 cm³/mol. The van der Waals surface area contributed by atoms with Gasteiger partial charge < -0.3 is 5.73 Å². The molecule has 0 saturated heterocycles. The Kier molecular flexibility index (Phi) is 2.51. The minimum atomic E-state index is -0.399. The molecule has 5 heteroatoms. The van der Waals surface area contributed by atoms with E-state index in [4.69, 9.17) is 5.73 Å². The number of rotatable bonds is 2. The number of halogens is 1. The number of nitrogens with two attached hydrogens (primary N) is 1. The van der Waals surface area contributed by atoms with Crippen LogP contribution in [0.4, 0.5) is 4.39 Å². The largest absolute Gasteiger partial charge is 0.319 e. The highest BCUT2D eigenvalue weighted by atomic mass is 32.1. The molecule has 0 aliphatic rings. The lowest BCUT2D eigenvalue weighted by Crippen LogP contribution is -2.12. The Morgan fingerprint density at radius 2 is 2.29 bits per heavy atom. The lowest BCUT2D eigenvalue weighted by Gasteiger charge is -2.07. The SMILES string of the molecule is NC(c1cccc(F)c1)c1csnn1. The number of hydrogen-bond donors (Lipinski definition) is 1. The van der Waals surface area contributed by atoms with Gasteiger partial charge in [0.15, 0.2) is 0 Å². The summed E-state index contributed by atoms with van der Waals surface area (Å²) in [5.74, 6) is -0.291. The molecule has 0 spiro atoms. The lowest BCUT2D eigenvalue weighted by atomic mass is 10.1. The van der Waals surface area contributed by atoms with Crippen molar-refractivity contribution in [1.29, 1.82) is 0 Å². The molecule has 14 heavy (non-hydrogen) atoms. The van der Waals surface area contributed by atoms with E-state index in [2.05, 4.69) is 9.59 Å². The molecule has 1 atom stereocenters. The van der Waals surface area contributed by atoms with Crippen molar-refractivity contribution in [3.63, 3.8) is 0 Å². The molecular formula is C9H8FN3S. The number of aromatic nitrogens is 2. The zero-order valence-electron chi connectivity index (χ0n) is 7.22. The first-order valence-corrected chi connectivity index (χ1v) is 4.89. The minimum absolute atomic E-state index is 0.291. The highest BCUT2D eigenvalue weighted by molar-refractivity contribution is 7.03. The Balaban J connectivity index is 2.32. The van der Waals surface area contributed by atoms with Gasteiger partial charge in [-0.05, 0) is 29.2 Å². The average Bonchev–Trinajstić information content (AvgIpc) is 2.69. The zero-order chi connectivity index (χ0) is 9.97. The fourth-order valence-electron chi connectivity index (χ4n) is 1.18. The summed E-state index contributed by atoms with van der Waals surface area (Å²) in [6, 6.07) is 5.79. The van der Waals surface area contributed by atoms with Crippen LogP contribution in [-0.4, -0.2) is 9.59 Å². The minimum Gasteiger partial charge on any atom is -0.319 e. The van der Waals surface area contributed by atoms with Crippen molar-refractivity contribution in [2.75, 3.05) is 0 Å². The summed E-state index contributed by atoms with van der Waals surface area (Å²) in [6.45, 7) is 0. The maximum Gasteiger partial charge on any atom is 0.123 e. The average molecular weight is 209 g/mol. The van der Waals surface area contributed by atoms with Crippen molar-refractivity contribution in [2.24, 2.45) is 5.73 Å². The highest BCUT2D eigenvalue weighted by Gasteiger charge is 2.11. The van der Waals surface area contributed by atoms with Crippen molar-refractivity contribution in [3.8, 4) is 0 Å². The van der Waals surface area contributed by atoms with Gasteiger partial charge in [0.1, 0.15) is 5.82 Å². The van der Waals surface area contributed by atoms with Crippen LogP contribution in [0.2, 0.25) is 0 Å². The van der Waals surface area contributed by atoms with E-state index < -0.39 is 6.04 Å². The third-order valence-electron chi connectivity index (χ3n) is 1.90. The van der Waals surface area contributed by atoms with Gasteiger partial charge in [0.2, 0.25) is 0 Å². The van der Waals surface area contributed by atoms with Crippen LogP contribution < -0.4 is 5.73 Å². The molecule has 1 aromatic carbocycles. The molecule has 1 aromatic heterocycles. The molecule has 1 unspecified atom stereocenters. The van der Waals surface area contributed by atoms with E-state index in [0.29, 0.717) is 11.3 Å². The molecule has 0 aliphatic heterocycles. The Labute approximate surface area is 84.5 Å². The van der Waals surface area contributed by atoms with Gasteiger partial charge in [-0.2, -0.15) is 0 Å². The summed E-state index contributed by atoms with van der Waals surface area (Å²) in [7, 11) is 0. The number of hydrogen-bond acceptors (Lipinski definition) is 4. The van der Waals surface area contributed by atoms with Crippen LogP contribution >= 0.6 is 11.5 Å². The molecule has 3 nitrogen and oxygen atoms in total. The molecule has 1 heterocycles. The van der Waals surface area contributed by atoms with E-state index in [9.17, 15) is 4.39 Å². The summed E-state index contributed by atoms with van der Waals surface area (Å²) in [4.78, 5) is 0. The second kappa shape index (κ2) is 3.81. The molecule has 0 aliphatic carbocycles. The molecule has 0 fully saturated rings. The topological polar surface area (TPSA) is 51.8 Å². The van der Waals surface area contributed by atoms with Gasteiger partial charge in [0.05, 0.1) is 11.7 Å². The molecule has 0 saturated carbocycles. The highest BCUT2D eigenvalue weighted by Crippen LogP contribution is 2.18. The Hall–Kier alpha value is -1.33. The van der Waals surface area contributed by atoms with Crippen LogP contribution in [-0.2, 0) is 0 Å². The summed E-state index contributed by atoms with van der Waals surface area (Å²) < 4.78 is 16.6. The molecule has 72 valence electrons. The second-order valence-electron chi connectivity index (χ2n) is 2.86. The number of benzene rings is 1. The monoisotopic (exact) mass is 209 g/mol. The normalized spacial score (nSPS) is 12.7. The van der Waals surface area contributed by atoms with Gasteiger partial charge in [-0.15, -0.1) is 5.10 Å². The van der Waals surface area contributed by atoms with Gasteiger partial charge in [0, 0.05) is 5.38 Å². The predicted octanol–water partition coefficient (Wildman–Crippen LogP) is 1.73. The number of nitrogens with zero attached hydrogens (tertiary/aromatic N) is 2. The molecule has 0 radical (unpaired) electrons. The van der Waals surface area contributed by atoms with E-state index in [0.717, 1.165) is 0 Å². The van der Waals surface area contributed by atoms with Crippen molar-refractivity contribution in [3.05, 3.63) is 46.7 Å². The van der Waals surface area contributed by atoms with E-state index in [1.807, 2.05) is 0 Å². The fourth-order valence-corrected chi connectivity index (χ4v) is 1.67. The van der Waals surface area contributed by atoms with Crippen LogP contribution in [0.5, 0.6) is 0 Å². The first kappa shape index (κ1) is 9.23. The first-order chi connectivity index (χ1) is 6.77. The smallest absolute Gasteiger partial charge is 0.123 e. The standard InChI is InChI=1S/C9H8FN3S/c10-7-3-1-2-6(4-7)9(11)8-5-14-13-12-8/h1-5,9H,11H2. The lowest BCUT2D eigenvalue weighted by molar-refractivity contribution is 0.623.